The minimum absolute atomic E-state index is 0.0450. The molecule has 0 fully saturated rings. The number of aliphatic carboxylic acids is 1. The van der Waals surface area contributed by atoms with E-state index in [1.165, 1.54) is 0 Å². The van der Waals surface area contributed by atoms with Gasteiger partial charge in [0.15, 0.2) is 5.96 Å². The van der Waals surface area contributed by atoms with Gasteiger partial charge < -0.3 is 54.2 Å². The predicted octanol–water partition coefficient (Wildman–Crippen LogP) is -4.66. The van der Waals surface area contributed by atoms with Gasteiger partial charge in [0.05, 0.1) is 19.1 Å². The van der Waals surface area contributed by atoms with Gasteiger partial charge in [-0.25, -0.2) is 4.79 Å². The van der Waals surface area contributed by atoms with Gasteiger partial charge in [0.1, 0.15) is 18.1 Å². The lowest BCUT2D eigenvalue weighted by Crippen LogP contribution is -2.55. The Morgan fingerprint density at radius 3 is 1.80 bits per heavy atom. The first-order valence-electron chi connectivity index (χ1n) is 12.8. The van der Waals surface area contributed by atoms with Crippen LogP contribution >= 0.6 is 25.3 Å². The van der Waals surface area contributed by atoms with E-state index in [9.17, 15) is 33.9 Å². The number of hydrogen-bond acceptors (Lipinski definition) is 11. The second-order valence-electron chi connectivity index (χ2n) is 8.81. The number of nitrogens with one attached hydrogen (secondary N) is 7. The van der Waals surface area contributed by atoms with Gasteiger partial charge in [0.25, 0.3) is 0 Å². The number of rotatable bonds is 21. The largest absolute Gasteiger partial charge is 0.480 e. The number of amides is 5. The van der Waals surface area contributed by atoms with Crippen molar-refractivity contribution in [1.82, 2.24) is 31.9 Å². The summed E-state index contributed by atoms with van der Waals surface area (Å²) in [5, 5.41) is 31.0. The highest BCUT2D eigenvalue weighted by atomic mass is 32.1. The highest BCUT2D eigenvalue weighted by Crippen LogP contribution is 2.04. The molecular weight excluding hydrogens is 580 g/mol. The van der Waals surface area contributed by atoms with Gasteiger partial charge >= 0.3 is 5.97 Å². The maximum Gasteiger partial charge on any atom is 0.326 e. The summed E-state index contributed by atoms with van der Waals surface area (Å²) in [5.41, 5.74) is 16.2. The zero-order valence-electron chi connectivity index (χ0n) is 22.6. The zero-order chi connectivity index (χ0) is 31.4. The zero-order valence-corrected chi connectivity index (χ0v) is 24.4. The summed E-state index contributed by atoms with van der Waals surface area (Å²) in [4.78, 5) is 73.2. The molecule has 0 spiro atoms. The fourth-order valence-electron chi connectivity index (χ4n) is 3.18. The standard InChI is InChI=1S/C22H42N10O7S2/c23-6-2-1-4-13(20(37)32-14(21(38)39)5-3-7-27-22(25)26)30-16(33)9-29-19(36)15(11-41)31-17(34)8-28-18(35)12(24)10-40/h12-15,40-41H,1-11,23-24H2,(H,28,35)(H,29,36)(H,30,33)(H,31,34)(H,32,37)(H,38,39)(H4,25,26,27)/t12-,13-,14-,15-/m0/s1. The van der Waals surface area contributed by atoms with Gasteiger partial charge in [-0.15, -0.1) is 0 Å². The Morgan fingerprint density at radius 2 is 1.29 bits per heavy atom. The molecule has 0 aliphatic rings. The fraction of sp³-hybridized carbons (Fsp3) is 0.682. The highest BCUT2D eigenvalue weighted by molar-refractivity contribution is 7.80. The molecule has 0 aliphatic heterocycles. The smallest absolute Gasteiger partial charge is 0.326 e. The quantitative estimate of drug-likeness (QED) is 0.0250. The van der Waals surface area contributed by atoms with Crippen molar-refractivity contribution >= 4 is 66.7 Å². The number of thiol groups is 2. The van der Waals surface area contributed by atoms with Crippen LogP contribution in [0.15, 0.2) is 0 Å². The van der Waals surface area contributed by atoms with Crippen LogP contribution in [0.2, 0.25) is 0 Å². The summed E-state index contributed by atoms with van der Waals surface area (Å²) in [6.07, 6.45) is 1.53. The van der Waals surface area contributed by atoms with Crippen LogP contribution in [-0.2, 0) is 28.8 Å². The number of nitrogens with two attached hydrogens (primary N) is 3. The van der Waals surface area contributed by atoms with Crippen LogP contribution in [-0.4, -0.2) is 108 Å². The molecule has 0 aromatic carbocycles. The lowest BCUT2D eigenvalue weighted by Gasteiger charge is -2.22. The van der Waals surface area contributed by atoms with E-state index in [1.54, 1.807) is 0 Å². The first-order valence-corrected chi connectivity index (χ1v) is 14.0. The summed E-state index contributed by atoms with van der Waals surface area (Å²) >= 11 is 7.91. The van der Waals surface area contributed by atoms with E-state index >= 15 is 0 Å². The van der Waals surface area contributed by atoms with Gasteiger partial charge in [-0.3, -0.25) is 29.4 Å². The fourth-order valence-corrected chi connectivity index (χ4v) is 3.60. The molecule has 0 unspecified atom stereocenters. The third-order valence-corrected chi connectivity index (χ3v) is 6.17. The average molecular weight is 623 g/mol. The van der Waals surface area contributed by atoms with E-state index in [2.05, 4.69) is 57.2 Å². The average Bonchev–Trinajstić information content (AvgIpc) is 2.93. The minimum atomic E-state index is -1.27. The van der Waals surface area contributed by atoms with Crippen molar-refractivity contribution in [2.75, 3.05) is 37.7 Å². The van der Waals surface area contributed by atoms with Gasteiger partial charge in [-0.1, -0.05) is 0 Å². The highest BCUT2D eigenvalue weighted by Gasteiger charge is 2.27. The molecule has 0 heterocycles. The van der Waals surface area contributed by atoms with Crippen LogP contribution in [0.4, 0.5) is 0 Å². The Bertz CT molecular complexity index is 912. The summed E-state index contributed by atoms with van der Waals surface area (Å²) < 4.78 is 0. The summed E-state index contributed by atoms with van der Waals surface area (Å²) in [7, 11) is 0. The Morgan fingerprint density at radius 1 is 0.732 bits per heavy atom. The van der Waals surface area contributed by atoms with Crippen molar-refractivity contribution < 1.29 is 33.9 Å². The lowest BCUT2D eigenvalue weighted by molar-refractivity contribution is -0.142. The molecular formula is C22H42N10O7S2. The molecule has 41 heavy (non-hydrogen) atoms. The second-order valence-corrected chi connectivity index (χ2v) is 9.54. The number of unbranched alkanes of at least 4 members (excludes halogenated alkanes) is 1. The summed E-state index contributed by atoms with van der Waals surface area (Å²) in [6, 6.07) is -4.38. The number of carbonyl (C=O) groups is 6. The summed E-state index contributed by atoms with van der Waals surface area (Å²) in [5.74, 6) is -5.07. The molecule has 0 radical (unpaired) electrons. The monoisotopic (exact) mass is 622 g/mol. The van der Waals surface area contributed by atoms with Crippen LogP contribution in [0.3, 0.4) is 0 Å². The van der Waals surface area contributed by atoms with Crippen molar-refractivity contribution in [3.8, 4) is 0 Å². The first kappa shape index (κ1) is 37.7. The van der Waals surface area contributed by atoms with Crippen molar-refractivity contribution in [2.24, 2.45) is 17.2 Å². The molecule has 19 heteroatoms. The number of carbonyl (C=O) groups excluding carboxylic acids is 5. The topological polar surface area (TPSA) is 297 Å². The maximum atomic E-state index is 12.8. The van der Waals surface area contributed by atoms with Gasteiger partial charge in [0.2, 0.25) is 29.5 Å². The van der Waals surface area contributed by atoms with E-state index in [4.69, 9.17) is 22.6 Å². The number of guanidine groups is 1. The molecule has 0 saturated carbocycles. The molecule has 0 aromatic heterocycles. The Kier molecular flexibility index (Phi) is 19.7. The third-order valence-electron chi connectivity index (χ3n) is 5.41. The van der Waals surface area contributed by atoms with E-state index in [0.717, 1.165) is 0 Å². The van der Waals surface area contributed by atoms with Crippen molar-refractivity contribution in [1.29, 1.82) is 5.41 Å². The molecule has 5 amide bonds. The minimum Gasteiger partial charge on any atom is -0.480 e. The van der Waals surface area contributed by atoms with E-state index < -0.39 is 72.8 Å². The lowest BCUT2D eigenvalue weighted by atomic mass is 10.1. The number of hydrogen-bond donors (Lipinski definition) is 13. The number of carboxylic acids is 1. The number of carboxylic acid groups (broad SMARTS) is 1. The second kappa shape index (κ2) is 21.5. The SMILES string of the molecule is N=C(N)NCCC[C@H](NC(=O)[C@H](CCCCN)NC(=O)CNC(=O)[C@H](CS)NC(=O)CNC(=O)[C@@H](N)CS)C(=O)O. The Labute approximate surface area is 248 Å². The van der Waals surface area contributed by atoms with Gasteiger partial charge in [0, 0.05) is 18.1 Å². The molecule has 14 N–H and O–H groups in total. The first-order chi connectivity index (χ1) is 19.4. The molecule has 0 bridgehead atoms. The molecule has 0 rings (SSSR count). The van der Waals surface area contributed by atoms with Crippen molar-refractivity contribution in [3.63, 3.8) is 0 Å². The van der Waals surface area contributed by atoms with Crippen molar-refractivity contribution in [3.05, 3.63) is 0 Å². The summed E-state index contributed by atoms with van der Waals surface area (Å²) in [6.45, 7) is -0.408. The molecule has 0 aromatic rings. The predicted molar refractivity (Wildman–Crippen MR) is 157 cm³/mol. The Hall–Kier alpha value is -3.29. The van der Waals surface area contributed by atoms with Crippen LogP contribution in [0.25, 0.3) is 0 Å². The molecule has 17 nitrogen and oxygen atoms in total. The maximum absolute atomic E-state index is 12.8. The molecule has 0 aliphatic carbocycles. The van der Waals surface area contributed by atoms with Gasteiger partial charge in [-0.2, -0.15) is 25.3 Å². The van der Waals surface area contributed by atoms with Crippen LogP contribution in [0, 0.1) is 5.41 Å². The molecule has 4 atom stereocenters. The molecule has 0 saturated heterocycles. The van der Waals surface area contributed by atoms with Crippen LogP contribution < -0.4 is 49.1 Å². The van der Waals surface area contributed by atoms with Gasteiger partial charge in [-0.05, 0) is 38.6 Å². The normalized spacial score (nSPS) is 13.5. The van der Waals surface area contributed by atoms with E-state index in [1.807, 2.05) is 0 Å². The van der Waals surface area contributed by atoms with E-state index in [0.29, 0.717) is 25.8 Å². The van der Waals surface area contributed by atoms with Crippen molar-refractivity contribution in [2.45, 2.75) is 56.3 Å². The molecule has 234 valence electrons. The third kappa shape index (κ3) is 17.2. The Balaban J connectivity index is 5.00. The van der Waals surface area contributed by atoms with Crippen LogP contribution in [0.5, 0.6) is 0 Å². The van der Waals surface area contributed by atoms with Crippen LogP contribution in [0.1, 0.15) is 32.1 Å². The van der Waals surface area contributed by atoms with E-state index in [-0.39, 0.29) is 36.9 Å².